The van der Waals surface area contributed by atoms with E-state index in [1.54, 1.807) is 39.5 Å². The number of carbonyl (C=O) groups is 3. The van der Waals surface area contributed by atoms with Crippen molar-refractivity contribution in [2.24, 2.45) is 0 Å². The number of aryl methyl sites for hydroxylation is 1. The van der Waals surface area contributed by atoms with Crippen molar-refractivity contribution in [3.63, 3.8) is 0 Å². The van der Waals surface area contributed by atoms with E-state index >= 15 is 0 Å². The number of benzene rings is 3. The number of alkyl halides is 3. The SMILES string of the molecule is C.COc1ccc2c(C(Br)Br)nn(C(=O)OC(C)(C)C)c2c1.COc1ccc2c(C)nn(C(=O)OC(C)(C)C)c2c1.COc1ccc2c(CBr)nn(C(=O)OC(C)(C)C)c2c1. The largest absolute Gasteiger partial charge is 0.497 e. The molecule has 3 aromatic carbocycles. The summed E-state index contributed by atoms with van der Waals surface area (Å²) in [5, 5.41) is 16.1. The number of hydrogen-bond acceptors (Lipinski definition) is 12. The third-order valence-electron chi connectivity index (χ3n) is 7.99. The van der Waals surface area contributed by atoms with Crippen LogP contribution in [0.4, 0.5) is 14.4 Å². The highest BCUT2D eigenvalue weighted by Gasteiger charge is 2.25. The molecule has 0 amide bonds. The van der Waals surface area contributed by atoms with E-state index in [1.807, 2.05) is 106 Å². The number of ether oxygens (including phenoxy) is 6. The number of methoxy groups -OCH3 is 3. The van der Waals surface area contributed by atoms with E-state index in [-0.39, 0.29) is 11.2 Å². The molecule has 0 bridgehead atoms. The standard InChI is InChI=1S/C14H16Br2N2O3.C14H17BrN2O3.C14H18N2O3.CH4/c1-14(2,3)21-13(19)18-10-7-8(20-4)5-6-9(10)11(17-18)12(15)16;1-14(2,3)20-13(18)17-12-7-9(19-4)5-6-10(12)11(8-15)16-17;1-9-11-7-6-10(18-5)8-12(11)16(15-9)13(17)19-14(2,3)4;/h5-7,12H,1-4H3;5-7H,8H2,1-4H3;6-8H,1-5H3;1H4. The second-order valence-corrected chi connectivity index (χ2v) is 19.8. The fourth-order valence-electron chi connectivity index (χ4n) is 5.50. The molecule has 0 radical (unpaired) electrons. The first-order valence-electron chi connectivity index (χ1n) is 18.6. The van der Waals surface area contributed by atoms with Gasteiger partial charge < -0.3 is 28.4 Å². The van der Waals surface area contributed by atoms with E-state index in [0.717, 1.165) is 27.5 Å². The van der Waals surface area contributed by atoms with E-state index < -0.39 is 35.1 Å². The minimum atomic E-state index is -0.587. The summed E-state index contributed by atoms with van der Waals surface area (Å²) in [6.45, 7) is 18.2. The second kappa shape index (κ2) is 20.5. The Morgan fingerprint density at radius 3 is 1.30 bits per heavy atom. The fraction of sp³-hybridized carbons (Fsp3) is 0.442. The molecule has 0 fully saturated rings. The average molecular weight is 1040 g/mol. The molecule has 3 aromatic heterocycles. The maximum atomic E-state index is 12.3. The minimum Gasteiger partial charge on any atom is -0.497 e. The van der Waals surface area contributed by atoms with Gasteiger partial charge in [0.2, 0.25) is 0 Å². The molecule has 0 aliphatic heterocycles. The zero-order chi connectivity index (χ0) is 44.9. The van der Waals surface area contributed by atoms with Crippen molar-refractivity contribution in [3.05, 3.63) is 71.7 Å². The molecule has 0 spiro atoms. The van der Waals surface area contributed by atoms with Gasteiger partial charge in [0.1, 0.15) is 37.8 Å². The van der Waals surface area contributed by atoms with Crippen LogP contribution in [0.1, 0.15) is 90.6 Å². The Hall–Kier alpha value is -4.68. The minimum absolute atomic E-state index is 0. The normalized spacial score (nSPS) is 11.6. The summed E-state index contributed by atoms with van der Waals surface area (Å²) in [5.74, 6) is 2.00. The van der Waals surface area contributed by atoms with Crippen LogP contribution in [0, 0.1) is 6.92 Å². The zero-order valence-electron chi connectivity index (χ0n) is 36.0. The van der Waals surface area contributed by atoms with Gasteiger partial charge in [0.05, 0.1) is 55.0 Å². The van der Waals surface area contributed by atoms with Crippen molar-refractivity contribution >= 4 is 98.8 Å². The number of fused-ring (bicyclic) bond motifs is 3. The third-order valence-corrected chi connectivity index (χ3v) is 9.39. The van der Waals surface area contributed by atoms with Gasteiger partial charge in [-0.25, -0.2) is 14.4 Å². The molecule has 0 saturated heterocycles. The average Bonchev–Trinajstić information content (AvgIpc) is 3.83. The molecule has 6 aromatic rings. The highest BCUT2D eigenvalue weighted by Crippen LogP contribution is 2.35. The summed E-state index contributed by atoms with van der Waals surface area (Å²) >= 11 is 10.2. The van der Waals surface area contributed by atoms with Gasteiger partial charge in [-0.15, -0.1) is 0 Å². The molecule has 0 aliphatic rings. The van der Waals surface area contributed by atoms with Crippen LogP contribution in [0.25, 0.3) is 32.7 Å². The molecular weight excluding hydrogens is 984 g/mol. The van der Waals surface area contributed by atoms with Crippen molar-refractivity contribution in [2.75, 3.05) is 21.3 Å². The van der Waals surface area contributed by atoms with Crippen LogP contribution in [0.15, 0.2) is 54.6 Å². The van der Waals surface area contributed by atoms with Gasteiger partial charge in [-0.05, 0) is 106 Å². The number of rotatable bonds is 5. The van der Waals surface area contributed by atoms with Crippen LogP contribution in [-0.2, 0) is 19.5 Å². The van der Waals surface area contributed by atoms with Gasteiger partial charge >= 0.3 is 18.3 Å². The first-order valence-corrected chi connectivity index (χ1v) is 21.5. The van der Waals surface area contributed by atoms with Crippen LogP contribution in [0.5, 0.6) is 17.2 Å². The van der Waals surface area contributed by atoms with E-state index in [9.17, 15) is 14.4 Å². The molecule has 0 N–H and O–H groups in total. The highest BCUT2D eigenvalue weighted by atomic mass is 79.9. The maximum absolute atomic E-state index is 12.3. The summed E-state index contributed by atoms with van der Waals surface area (Å²) in [7, 11) is 4.75. The van der Waals surface area contributed by atoms with Crippen LogP contribution in [0.3, 0.4) is 0 Å². The van der Waals surface area contributed by atoms with Gasteiger partial charge in [-0.1, -0.05) is 55.2 Å². The summed E-state index contributed by atoms with van der Waals surface area (Å²) in [6, 6.07) is 16.5. The van der Waals surface area contributed by atoms with Crippen molar-refractivity contribution < 1.29 is 42.8 Å². The maximum Gasteiger partial charge on any atom is 0.435 e. The zero-order valence-corrected chi connectivity index (χ0v) is 40.7. The van der Waals surface area contributed by atoms with Crippen LogP contribution in [-0.4, -0.2) is 85.8 Å². The van der Waals surface area contributed by atoms with Crippen LogP contribution in [0.2, 0.25) is 0 Å². The smallest absolute Gasteiger partial charge is 0.435 e. The Balaban J connectivity index is 0.000000242. The van der Waals surface area contributed by atoms with Crippen molar-refractivity contribution in [3.8, 4) is 17.2 Å². The lowest BCUT2D eigenvalue weighted by Crippen LogP contribution is -2.27. The summed E-state index contributed by atoms with van der Waals surface area (Å²) in [6.07, 6.45) is -1.51. The highest BCUT2D eigenvalue weighted by molar-refractivity contribution is 9.24. The molecule has 6 rings (SSSR count). The first kappa shape index (κ1) is 50.7. The Kier molecular flexibility index (Phi) is 17.0. The molecule has 332 valence electrons. The Morgan fingerprint density at radius 1 is 0.574 bits per heavy atom. The Bertz CT molecular complexity index is 2490. The van der Waals surface area contributed by atoms with E-state index in [2.05, 4.69) is 63.1 Å². The van der Waals surface area contributed by atoms with Crippen molar-refractivity contribution in [1.29, 1.82) is 0 Å². The molecule has 61 heavy (non-hydrogen) atoms. The van der Waals surface area contributed by atoms with Crippen molar-refractivity contribution in [2.45, 2.75) is 103 Å². The Labute approximate surface area is 381 Å². The van der Waals surface area contributed by atoms with E-state index in [1.165, 1.54) is 14.0 Å². The lowest BCUT2D eigenvalue weighted by atomic mass is 10.2. The second-order valence-electron chi connectivity index (χ2n) is 16.2. The molecule has 0 saturated carbocycles. The number of hydrogen-bond donors (Lipinski definition) is 0. The van der Waals surface area contributed by atoms with Crippen molar-refractivity contribution in [1.82, 2.24) is 29.3 Å². The number of nitrogens with zero attached hydrogens (tertiary/aromatic N) is 6. The summed E-state index contributed by atoms with van der Waals surface area (Å²) in [5.41, 5.74) is 2.57. The summed E-state index contributed by atoms with van der Waals surface area (Å²) in [4.78, 5) is 36.7. The van der Waals surface area contributed by atoms with Crippen LogP contribution >= 0.6 is 47.8 Å². The topological polar surface area (TPSA) is 160 Å². The van der Waals surface area contributed by atoms with Gasteiger partial charge in [0.15, 0.2) is 0 Å². The summed E-state index contributed by atoms with van der Waals surface area (Å²) < 4.78 is 35.3. The number of halogens is 3. The molecule has 0 atom stereocenters. The molecule has 18 heteroatoms. The van der Waals surface area contributed by atoms with E-state index in [4.69, 9.17) is 28.4 Å². The lowest BCUT2D eigenvalue weighted by molar-refractivity contribution is 0.0511. The van der Waals surface area contributed by atoms with Gasteiger partial charge in [0.25, 0.3) is 0 Å². The van der Waals surface area contributed by atoms with Crippen LogP contribution < -0.4 is 14.2 Å². The first-order chi connectivity index (χ1) is 27.9. The number of carbonyl (C=O) groups excluding carboxylic acids is 3. The predicted molar refractivity (Wildman–Crippen MR) is 248 cm³/mol. The quantitative estimate of drug-likeness (QED) is 0.119. The predicted octanol–water partition coefficient (Wildman–Crippen LogP) is 12.1. The lowest BCUT2D eigenvalue weighted by Gasteiger charge is -2.19. The van der Waals surface area contributed by atoms with Gasteiger partial charge in [-0.2, -0.15) is 29.3 Å². The molecule has 0 unspecified atom stereocenters. The molecule has 3 heterocycles. The molecular formula is C43H55Br3N6O9. The monoisotopic (exact) mass is 1040 g/mol. The molecule has 0 aliphatic carbocycles. The fourth-order valence-corrected chi connectivity index (χ4v) is 6.59. The third kappa shape index (κ3) is 13.2. The van der Waals surface area contributed by atoms with Gasteiger partial charge in [0, 0.05) is 39.7 Å². The van der Waals surface area contributed by atoms with Gasteiger partial charge in [-0.3, -0.25) is 0 Å². The number of aromatic nitrogens is 6. The Morgan fingerprint density at radius 2 is 0.918 bits per heavy atom. The van der Waals surface area contributed by atoms with E-state index in [0.29, 0.717) is 44.8 Å². The molecule has 15 nitrogen and oxygen atoms in total.